The van der Waals surface area contributed by atoms with Gasteiger partial charge < -0.3 is 29.2 Å². The van der Waals surface area contributed by atoms with Crippen molar-refractivity contribution in [3.63, 3.8) is 0 Å². The Morgan fingerprint density at radius 2 is 0.960 bits per heavy atom. The van der Waals surface area contributed by atoms with Gasteiger partial charge in [-0.3, -0.25) is 0 Å². The molecule has 10 aliphatic rings. The number of hydrogen-bond donors (Lipinski definition) is 2. The number of hydrogen-bond acceptors (Lipinski definition) is 10. The van der Waals surface area contributed by atoms with Crippen LogP contribution in [0.3, 0.4) is 0 Å². The maximum atomic E-state index is 13.8. The van der Waals surface area contributed by atoms with Crippen LogP contribution >= 0.6 is 0 Å². The second-order valence-corrected chi connectivity index (χ2v) is 19.9. The molecule has 10 heteroatoms. The summed E-state index contributed by atoms with van der Waals surface area (Å²) in [6.45, 7) is 13.4. The Bertz CT molecular complexity index is 1630. The highest BCUT2D eigenvalue weighted by atomic mass is 16.6. The van der Waals surface area contributed by atoms with E-state index in [-0.39, 0.29) is 33.8 Å². The molecule has 0 unspecified atom stereocenters. The van der Waals surface area contributed by atoms with E-state index in [0.29, 0.717) is 12.8 Å². The van der Waals surface area contributed by atoms with Gasteiger partial charge in [0, 0.05) is 23.0 Å². The summed E-state index contributed by atoms with van der Waals surface area (Å²) >= 11 is 0. The number of ether oxygens (including phenoxy) is 4. The molecular formula is C40H50O10. The van der Waals surface area contributed by atoms with Gasteiger partial charge in [-0.15, -0.1) is 0 Å². The quantitative estimate of drug-likeness (QED) is 0.229. The number of fused-ring (bicyclic) bond motifs is 6. The summed E-state index contributed by atoms with van der Waals surface area (Å²) in [5.74, 6) is -5.27. The first-order valence-corrected chi connectivity index (χ1v) is 19.1. The molecule has 4 heterocycles. The number of allylic oxidation sites excluding steroid dienone is 2. The molecule has 50 heavy (non-hydrogen) atoms. The van der Waals surface area contributed by atoms with Crippen molar-refractivity contribution < 1.29 is 48.3 Å². The average molecular weight is 691 g/mol. The first kappa shape index (κ1) is 32.0. The molecule has 0 aromatic carbocycles. The maximum Gasteiger partial charge on any atom is 0.340 e. The molecule has 0 spiro atoms. The minimum atomic E-state index is -1.97. The van der Waals surface area contributed by atoms with Crippen molar-refractivity contribution in [2.24, 2.45) is 57.2 Å². The van der Waals surface area contributed by atoms with Crippen LogP contribution in [0.2, 0.25) is 0 Å². The number of carbonyl (C=O) groups excluding carboxylic acids is 4. The molecule has 0 aromatic heterocycles. The van der Waals surface area contributed by atoms with E-state index >= 15 is 0 Å². The fourth-order valence-corrected chi connectivity index (χ4v) is 16.0. The van der Waals surface area contributed by atoms with Crippen molar-refractivity contribution in [3.8, 4) is 0 Å². The standard InChI is InChI=1S/C40H50O10/c1-33(2)13-7-15-35(5)21(33)11-17-37-25-23(39(45,29(35)37)31(43)49-37)19(27(41)47-25)9-10-20-24-26(48-28(20)42)38-18-12-22-34(3,4)14-8-16-36(22,6)30(38)40(24,46)32(44)50-38/h9-10,21-26,29-30,45-46H,7-8,11-18H2,1-6H3/b19-9-,20-10?/t21-,22-,23+,24+,25-,26-,29+,30+,35-,36-,37-,38-,39-,40-/m1/s1. The van der Waals surface area contributed by atoms with Gasteiger partial charge >= 0.3 is 23.9 Å². The van der Waals surface area contributed by atoms with Gasteiger partial charge in [0.25, 0.3) is 0 Å². The van der Waals surface area contributed by atoms with Crippen LogP contribution in [0, 0.1) is 57.2 Å². The van der Waals surface area contributed by atoms with Crippen LogP contribution in [0.4, 0.5) is 0 Å². The molecule has 10 fully saturated rings. The zero-order valence-corrected chi connectivity index (χ0v) is 30.0. The summed E-state index contributed by atoms with van der Waals surface area (Å²) in [6, 6.07) is 0. The maximum absolute atomic E-state index is 13.8. The number of aliphatic hydroxyl groups is 2. The zero-order valence-electron chi connectivity index (χ0n) is 30.0. The van der Waals surface area contributed by atoms with Crippen LogP contribution in [0.1, 0.15) is 106 Å². The van der Waals surface area contributed by atoms with Crippen molar-refractivity contribution in [3.05, 3.63) is 23.3 Å². The summed E-state index contributed by atoms with van der Waals surface area (Å²) < 4.78 is 24.3. The molecule has 6 aliphatic carbocycles. The van der Waals surface area contributed by atoms with Gasteiger partial charge in [-0.1, -0.05) is 66.5 Å². The smallest absolute Gasteiger partial charge is 0.340 e. The average Bonchev–Trinajstić information content (AvgIpc) is 3.76. The Morgan fingerprint density at radius 1 is 0.580 bits per heavy atom. The topological polar surface area (TPSA) is 146 Å². The third-order valence-corrected chi connectivity index (χ3v) is 17.2. The molecule has 0 aromatic rings. The predicted octanol–water partition coefficient (Wildman–Crippen LogP) is 4.49. The van der Waals surface area contributed by atoms with Crippen LogP contribution < -0.4 is 0 Å². The number of rotatable bonds is 1. The molecule has 4 bridgehead atoms. The fraction of sp³-hybridized carbons (Fsp3) is 0.800. The summed E-state index contributed by atoms with van der Waals surface area (Å²) in [7, 11) is 0. The number of esters is 4. The minimum absolute atomic E-state index is 0.0213. The van der Waals surface area contributed by atoms with E-state index < -0.39 is 93.0 Å². The van der Waals surface area contributed by atoms with Gasteiger partial charge in [0.15, 0.2) is 34.6 Å². The van der Waals surface area contributed by atoms with E-state index in [0.717, 1.165) is 51.4 Å². The molecular weight excluding hydrogens is 640 g/mol. The fourth-order valence-electron chi connectivity index (χ4n) is 16.0. The SMILES string of the molecule is CC1(C)CCC[C@]2(C)[C@@H]1CC[C@@]13OC(=O)[C@@](O)([C@H]4C(=C/C=C5\C(=O)O[C@@H]6[C@H]5[C@]5(O)C(=O)O[C@]67CC[C@@H]6C(C)(C)CCC[C@@]6(C)[C@@H]75)C(=O)O[C@H]41)[C@@H]23. The zero-order chi connectivity index (χ0) is 35.4. The first-order chi connectivity index (χ1) is 23.3. The minimum Gasteiger partial charge on any atom is -0.454 e. The Hall–Kier alpha value is -2.72. The molecule has 4 aliphatic heterocycles. The van der Waals surface area contributed by atoms with Gasteiger partial charge in [-0.25, -0.2) is 19.2 Å². The molecule has 4 saturated heterocycles. The summed E-state index contributed by atoms with van der Waals surface area (Å²) in [6.07, 6.45) is 9.63. The third-order valence-electron chi connectivity index (χ3n) is 17.2. The largest absolute Gasteiger partial charge is 0.454 e. The third kappa shape index (κ3) is 3.14. The van der Waals surface area contributed by atoms with Crippen LogP contribution in [-0.4, -0.2) is 68.7 Å². The van der Waals surface area contributed by atoms with Crippen LogP contribution in [-0.2, 0) is 38.1 Å². The van der Waals surface area contributed by atoms with Crippen LogP contribution in [0.25, 0.3) is 0 Å². The van der Waals surface area contributed by atoms with Crippen molar-refractivity contribution in [1.82, 2.24) is 0 Å². The monoisotopic (exact) mass is 690 g/mol. The van der Waals surface area contributed by atoms with E-state index in [2.05, 4.69) is 41.5 Å². The van der Waals surface area contributed by atoms with Gasteiger partial charge in [0.1, 0.15) is 0 Å². The highest BCUT2D eigenvalue weighted by Crippen LogP contribution is 2.76. The molecule has 270 valence electrons. The Kier molecular flexibility index (Phi) is 5.69. The summed E-state index contributed by atoms with van der Waals surface area (Å²) in [4.78, 5) is 55.0. The lowest BCUT2D eigenvalue weighted by molar-refractivity contribution is -0.200. The van der Waals surface area contributed by atoms with Crippen molar-refractivity contribution >= 4 is 23.9 Å². The summed E-state index contributed by atoms with van der Waals surface area (Å²) in [5, 5.41) is 25.3. The number of carbonyl (C=O) groups is 4. The molecule has 14 atom stereocenters. The molecule has 10 nitrogen and oxygen atoms in total. The Balaban J connectivity index is 1.06. The Morgan fingerprint density at radius 3 is 1.34 bits per heavy atom. The van der Waals surface area contributed by atoms with Gasteiger partial charge in [-0.2, -0.15) is 0 Å². The van der Waals surface area contributed by atoms with E-state index in [4.69, 9.17) is 18.9 Å². The molecule has 6 saturated carbocycles. The Labute approximate surface area is 292 Å². The van der Waals surface area contributed by atoms with Crippen molar-refractivity contribution in [2.75, 3.05) is 0 Å². The van der Waals surface area contributed by atoms with E-state index in [9.17, 15) is 29.4 Å². The molecule has 0 radical (unpaired) electrons. The van der Waals surface area contributed by atoms with E-state index in [1.807, 2.05) is 0 Å². The van der Waals surface area contributed by atoms with Gasteiger partial charge in [-0.05, 0) is 84.9 Å². The van der Waals surface area contributed by atoms with Crippen LogP contribution in [0.15, 0.2) is 23.3 Å². The molecule has 10 rings (SSSR count). The summed E-state index contributed by atoms with van der Waals surface area (Å²) in [5.41, 5.74) is -6.75. The highest BCUT2D eigenvalue weighted by Gasteiger charge is 2.89. The van der Waals surface area contributed by atoms with E-state index in [1.165, 1.54) is 12.2 Å². The lowest BCUT2D eigenvalue weighted by Gasteiger charge is -2.60. The molecule has 0 amide bonds. The second-order valence-electron chi connectivity index (χ2n) is 19.9. The lowest BCUT2D eigenvalue weighted by atomic mass is 9.45. The highest BCUT2D eigenvalue weighted by molar-refractivity contribution is 6.00. The van der Waals surface area contributed by atoms with Crippen LogP contribution in [0.5, 0.6) is 0 Å². The lowest BCUT2D eigenvalue weighted by Crippen LogP contribution is -2.61. The second kappa shape index (κ2) is 8.90. The van der Waals surface area contributed by atoms with Gasteiger partial charge in [0.05, 0.1) is 11.8 Å². The van der Waals surface area contributed by atoms with E-state index in [1.54, 1.807) is 0 Å². The molecule has 2 N–H and O–H groups in total. The van der Waals surface area contributed by atoms with Crippen molar-refractivity contribution in [1.29, 1.82) is 0 Å². The van der Waals surface area contributed by atoms with Crippen molar-refractivity contribution in [2.45, 2.75) is 140 Å². The normalized spacial score (nSPS) is 57.3. The predicted molar refractivity (Wildman–Crippen MR) is 174 cm³/mol. The van der Waals surface area contributed by atoms with Gasteiger partial charge in [0.2, 0.25) is 0 Å². The first-order valence-electron chi connectivity index (χ1n) is 19.1.